The summed E-state index contributed by atoms with van der Waals surface area (Å²) in [6.45, 7) is 6.34. The van der Waals surface area contributed by atoms with Gasteiger partial charge in [0.1, 0.15) is 5.75 Å². The van der Waals surface area contributed by atoms with Gasteiger partial charge in [0.05, 0.1) is 12.0 Å². The third-order valence-corrected chi connectivity index (χ3v) is 4.05. The minimum atomic E-state index is -3.42. The average molecular weight is 271 g/mol. The van der Waals surface area contributed by atoms with Crippen molar-refractivity contribution in [3.63, 3.8) is 0 Å². The fourth-order valence-electron chi connectivity index (χ4n) is 1.56. The second-order valence-corrected chi connectivity index (χ2v) is 6.34. The molecule has 4 nitrogen and oxygen atoms in total. The lowest BCUT2D eigenvalue weighted by molar-refractivity contribution is 0.409. The van der Waals surface area contributed by atoms with Gasteiger partial charge in [-0.15, -0.1) is 0 Å². The van der Waals surface area contributed by atoms with Gasteiger partial charge in [0, 0.05) is 6.54 Å². The third kappa shape index (κ3) is 3.71. The van der Waals surface area contributed by atoms with Crippen molar-refractivity contribution < 1.29 is 13.2 Å². The predicted molar refractivity (Wildman–Crippen MR) is 72.4 cm³/mol. The van der Waals surface area contributed by atoms with E-state index in [1.54, 1.807) is 25.3 Å². The Labute approximate surface area is 109 Å². The Bertz CT molecular complexity index is 495. The molecular weight excluding hydrogens is 250 g/mol. The van der Waals surface area contributed by atoms with Crippen LogP contribution in [0.4, 0.5) is 0 Å². The standard InChI is InChI=1S/C13H21NO3S/c1-5-11-8-12(6-7-13(11)17-4)18(15,16)14-9-10(2)3/h6-8,10,14H,5,9H2,1-4H3. The molecule has 0 aliphatic carbocycles. The zero-order valence-electron chi connectivity index (χ0n) is 11.4. The van der Waals surface area contributed by atoms with Crippen molar-refractivity contribution in [1.29, 1.82) is 0 Å². The molecule has 102 valence electrons. The highest BCUT2D eigenvalue weighted by Crippen LogP contribution is 2.22. The van der Waals surface area contributed by atoms with E-state index in [9.17, 15) is 8.42 Å². The van der Waals surface area contributed by atoms with Crippen LogP contribution in [0.1, 0.15) is 26.3 Å². The minimum Gasteiger partial charge on any atom is -0.496 e. The molecule has 0 spiro atoms. The number of aryl methyl sites for hydroxylation is 1. The molecule has 0 amide bonds. The Morgan fingerprint density at radius 2 is 2.00 bits per heavy atom. The van der Waals surface area contributed by atoms with Gasteiger partial charge < -0.3 is 4.74 Å². The van der Waals surface area contributed by atoms with Crippen LogP contribution in [0.25, 0.3) is 0 Å². The molecule has 0 saturated heterocycles. The summed E-state index contributed by atoms with van der Waals surface area (Å²) < 4.78 is 31.9. The van der Waals surface area contributed by atoms with E-state index in [1.807, 2.05) is 20.8 Å². The van der Waals surface area contributed by atoms with Crippen LogP contribution in [0.2, 0.25) is 0 Å². The normalized spacial score (nSPS) is 11.8. The second kappa shape index (κ2) is 6.20. The van der Waals surface area contributed by atoms with Crippen LogP contribution in [0.5, 0.6) is 5.75 Å². The summed E-state index contributed by atoms with van der Waals surface area (Å²) in [5.74, 6) is 1.00. The number of hydrogen-bond acceptors (Lipinski definition) is 3. The van der Waals surface area contributed by atoms with Crippen LogP contribution in [0.15, 0.2) is 23.1 Å². The number of nitrogens with one attached hydrogen (secondary N) is 1. The Morgan fingerprint density at radius 3 is 2.50 bits per heavy atom. The number of ether oxygens (including phenoxy) is 1. The third-order valence-electron chi connectivity index (χ3n) is 2.62. The maximum absolute atomic E-state index is 12.1. The highest BCUT2D eigenvalue weighted by Gasteiger charge is 2.15. The SMILES string of the molecule is CCc1cc(S(=O)(=O)NCC(C)C)ccc1OC. The maximum atomic E-state index is 12.1. The second-order valence-electron chi connectivity index (χ2n) is 4.57. The van der Waals surface area contributed by atoms with E-state index in [-0.39, 0.29) is 5.92 Å². The van der Waals surface area contributed by atoms with Gasteiger partial charge in [-0.3, -0.25) is 0 Å². The van der Waals surface area contributed by atoms with Crippen molar-refractivity contribution in [3.8, 4) is 5.75 Å². The topological polar surface area (TPSA) is 55.4 Å². The molecule has 18 heavy (non-hydrogen) atoms. The first-order chi connectivity index (χ1) is 8.40. The Balaban J connectivity index is 3.02. The first kappa shape index (κ1) is 15.0. The number of rotatable bonds is 6. The zero-order valence-corrected chi connectivity index (χ0v) is 12.2. The lowest BCUT2D eigenvalue weighted by atomic mass is 10.1. The lowest BCUT2D eigenvalue weighted by Crippen LogP contribution is -2.27. The molecule has 0 atom stereocenters. The van der Waals surface area contributed by atoms with Gasteiger partial charge in [0.2, 0.25) is 10.0 Å². The molecule has 0 bridgehead atoms. The molecule has 1 rings (SSSR count). The van der Waals surface area contributed by atoms with E-state index in [2.05, 4.69) is 4.72 Å². The van der Waals surface area contributed by atoms with Crippen LogP contribution in [0, 0.1) is 5.92 Å². The number of sulfonamides is 1. The molecule has 0 aliphatic rings. The Hall–Kier alpha value is -1.07. The zero-order chi connectivity index (χ0) is 13.8. The van der Waals surface area contributed by atoms with Crippen molar-refractivity contribution in [2.75, 3.05) is 13.7 Å². The highest BCUT2D eigenvalue weighted by atomic mass is 32.2. The Morgan fingerprint density at radius 1 is 1.33 bits per heavy atom. The average Bonchev–Trinajstić information content (AvgIpc) is 2.35. The van der Waals surface area contributed by atoms with E-state index in [1.165, 1.54) is 0 Å². The predicted octanol–water partition coefficient (Wildman–Crippen LogP) is 2.19. The van der Waals surface area contributed by atoms with Crippen molar-refractivity contribution in [2.45, 2.75) is 32.1 Å². The van der Waals surface area contributed by atoms with E-state index in [0.717, 1.165) is 17.7 Å². The van der Waals surface area contributed by atoms with Crippen molar-refractivity contribution >= 4 is 10.0 Å². The van der Waals surface area contributed by atoms with Crippen molar-refractivity contribution in [2.24, 2.45) is 5.92 Å². The molecule has 0 radical (unpaired) electrons. The fourth-order valence-corrected chi connectivity index (χ4v) is 2.82. The van der Waals surface area contributed by atoms with Gasteiger partial charge in [0.25, 0.3) is 0 Å². The van der Waals surface area contributed by atoms with E-state index >= 15 is 0 Å². The first-order valence-corrected chi connectivity index (χ1v) is 7.55. The minimum absolute atomic E-state index is 0.281. The van der Waals surface area contributed by atoms with Crippen LogP contribution in [0.3, 0.4) is 0 Å². The van der Waals surface area contributed by atoms with E-state index in [0.29, 0.717) is 11.4 Å². The Kier molecular flexibility index (Phi) is 5.16. The maximum Gasteiger partial charge on any atom is 0.240 e. The summed E-state index contributed by atoms with van der Waals surface area (Å²) in [7, 11) is -1.84. The van der Waals surface area contributed by atoms with Crippen molar-refractivity contribution in [1.82, 2.24) is 4.72 Å². The summed E-state index contributed by atoms with van der Waals surface area (Å²) >= 11 is 0. The van der Waals surface area contributed by atoms with Crippen LogP contribution in [-0.4, -0.2) is 22.1 Å². The lowest BCUT2D eigenvalue weighted by Gasteiger charge is -2.11. The molecular formula is C13H21NO3S. The molecule has 0 heterocycles. The summed E-state index contributed by atoms with van der Waals surface area (Å²) in [5, 5.41) is 0. The molecule has 0 unspecified atom stereocenters. The molecule has 1 aromatic rings. The summed E-state index contributed by atoms with van der Waals surface area (Å²) in [4.78, 5) is 0.292. The molecule has 0 aliphatic heterocycles. The molecule has 0 saturated carbocycles. The highest BCUT2D eigenvalue weighted by molar-refractivity contribution is 7.89. The van der Waals surface area contributed by atoms with Gasteiger partial charge in [0.15, 0.2) is 0 Å². The summed E-state index contributed by atoms with van der Waals surface area (Å²) in [6.07, 6.45) is 0.733. The van der Waals surface area contributed by atoms with E-state index < -0.39 is 10.0 Å². The summed E-state index contributed by atoms with van der Waals surface area (Å²) in [6, 6.07) is 4.94. The van der Waals surface area contributed by atoms with E-state index in [4.69, 9.17) is 4.74 Å². The van der Waals surface area contributed by atoms with Gasteiger partial charge in [-0.25, -0.2) is 13.1 Å². The monoisotopic (exact) mass is 271 g/mol. The quantitative estimate of drug-likeness (QED) is 0.863. The largest absolute Gasteiger partial charge is 0.496 e. The number of methoxy groups -OCH3 is 1. The molecule has 0 aromatic heterocycles. The fraction of sp³-hybridized carbons (Fsp3) is 0.538. The molecule has 5 heteroatoms. The van der Waals surface area contributed by atoms with Gasteiger partial charge in [-0.2, -0.15) is 0 Å². The molecule has 1 aromatic carbocycles. The van der Waals surface area contributed by atoms with Crippen LogP contribution in [-0.2, 0) is 16.4 Å². The van der Waals surface area contributed by atoms with Crippen molar-refractivity contribution in [3.05, 3.63) is 23.8 Å². The summed E-state index contributed by atoms with van der Waals surface area (Å²) in [5.41, 5.74) is 0.893. The van der Waals surface area contributed by atoms with Crippen LogP contribution < -0.4 is 9.46 Å². The van der Waals surface area contributed by atoms with Crippen LogP contribution >= 0.6 is 0 Å². The molecule has 1 N–H and O–H groups in total. The number of benzene rings is 1. The van der Waals surface area contributed by atoms with Gasteiger partial charge in [-0.05, 0) is 36.1 Å². The van der Waals surface area contributed by atoms with Gasteiger partial charge >= 0.3 is 0 Å². The molecule has 0 fully saturated rings. The van der Waals surface area contributed by atoms with Gasteiger partial charge in [-0.1, -0.05) is 20.8 Å². The number of hydrogen-bond donors (Lipinski definition) is 1. The smallest absolute Gasteiger partial charge is 0.240 e. The first-order valence-electron chi connectivity index (χ1n) is 6.07.